The van der Waals surface area contributed by atoms with Crippen molar-refractivity contribution in [1.29, 1.82) is 0 Å². The number of hydrogen-bond donors (Lipinski definition) is 1. The third-order valence-corrected chi connectivity index (χ3v) is 16.4. The fourth-order valence-corrected chi connectivity index (χ4v) is 11.7. The molecule has 72 heavy (non-hydrogen) atoms. The van der Waals surface area contributed by atoms with Gasteiger partial charge in [0, 0.05) is 84.1 Å². The molecule has 0 bridgehead atoms. The number of Topliss-reactive ketones (excluding diaryl/α,β-unsaturated/α-hetero) is 1. The van der Waals surface area contributed by atoms with E-state index < -0.39 is 26.0 Å². The van der Waals surface area contributed by atoms with Crippen molar-refractivity contribution in [3.05, 3.63) is 203 Å². The highest BCUT2D eigenvalue weighted by atomic mass is 32.2. The van der Waals surface area contributed by atoms with Crippen molar-refractivity contribution in [2.24, 2.45) is 5.73 Å². The Labute approximate surface area is 426 Å². The lowest BCUT2D eigenvalue weighted by Crippen LogP contribution is -2.48. The molecule has 0 aromatic heterocycles. The maximum Gasteiger partial charge on any atom is 0.337 e. The first-order valence-electron chi connectivity index (χ1n) is 24.5. The normalized spacial score (nSPS) is 15.0. The van der Waals surface area contributed by atoms with Gasteiger partial charge in [0.25, 0.3) is 0 Å². The van der Waals surface area contributed by atoms with Gasteiger partial charge in [0.05, 0.1) is 55.2 Å². The number of esters is 1. The molecule has 0 aliphatic carbocycles. The molecule has 14 nitrogen and oxygen atoms in total. The number of carbonyl (C=O) groups excluding carboxylic acids is 2. The summed E-state index contributed by atoms with van der Waals surface area (Å²) in [6, 6.07) is 53.0. The number of ether oxygens (including phenoxy) is 1. The highest BCUT2D eigenvalue weighted by Crippen LogP contribution is 2.24. The Bertz CT molecular complexity index is 2620. The molecule has 2 fully saturated rings. The zero-order chi connectivity index (χ0) is 50.8. The van der Waals surface area contributed by atoms with E-state index in [4.69, 9.17) is 10.5 Å². The van der Waals surface area contributed by atoms with Gasteiger partial charge in [-0.1, -0.05) is 133 Å². The molecule has 6 aromatic rings. The number of anilines is 2. The molecule has 0 radical (unpaired) electrons. The minimum atomic E-state index is -3.58. The van der Waals surface area contributed by atoms with Crippen molar-refractivity contribution in [3.63, 3.8) is 0 Å². The van der Waals surface area contributed by atoms with E-state index in [2.05, 4.69) is 68.1 Å². The number of rotatable bonds is 21. The molecule has 0 spiro atoms. The Morgan fingerprint density at radius 1 is 0.458 bits per heavy atom. The predicted molar refractivity (Wildman–Crippen MR) is 287 cm³/mol. The van der Waals surface area contributed by atoms with E-state index in [1.165, 1.54) is 26.8 Å². The number of benzene rings is 6. The van der Waals surface area contributed by atoms with Gasteiger partial charge in [-0.15, -0.1) is 0 Å². The Kier molecular flexibility index (Phi) is 19.7. The molecule has 2 heterocycles. The van der Waals surface area contributed by atoms with Crippen LogP contribution in [0.15, 0.2) is 170 Å². The third kappa shape index (κ3) is 15.9. The molecule has 6 aromatic carbocycles. The molecule has 380 valence electrons. The van der Waals surface area contributed by atoms with Crippen LogP contribution >= 0.6 is 0 Å². The molecule has 2 aliphatic heterocycles. The van der Waals surface area contributed by atoms with Gasteiger partial charge in [-0.05, 0) is 58.7 Å². The van der Waals surface area contributed by atoms with Crippen LogP contribution in [-0.4, -0.2) is 139 Å². The van der Waals surface area contributed by atoms with Gasteiger partial charge in [-0.2, -0.15) is 0 Å². The van der Waals surface area contributed by atoms with Crippen molar-refractivity contribution in [2.45, 2.75) is 26.2 Å². The average Bonchev–Trinajstić information content (AvgIpc) is 3.42. The van der Waals surface area contributed by atoms with E-state index in [0.29, 0.717) is 35.6 Å². The van der Waals surface area contributed by atoms with Gasteiger partial charge in [0.15, 0.2) is 5.78 Å². The van der Waals surface area contributed by atoms with Crippen LogP contribution in [0.5, 0.6) is 0 Å². The van der Waals surface area contributed by atoms with E-state index in [9.17, 15) is 26.4 Å². The Morgan fingerprint density at radius 2 is 0.792 bits per heavy atom. The average molecular weight is 1010 g/mol. The van der Waals surface area contributed by atoms with Crippen LogP contribution in [0.3, 0.4) is 0 Å². The lowest BCUT2D eigenvalue weighted by atomic mass is 10.1. The van der Waals surface area contributed by atoms with Gasteiger partial charge in [0.1, 0.15) is 0 Å². The second-order valence-electron chi connectivity index (χ2n) is 18.0. The Hall–Kier alpha value is -6.24. The van der Waals surface area contributed by atoms with Crippen molar-refractivity contribution in [2.75, 3.05) is 99.2 Å². The lowest BCUT2D eigenvalue weighted by molar-refractivity contribution is 0.0600. The molecule has 16 heteroatoms. The topological polar surface area (TPSA) is 157 Å². The van der Waals surface area contributed by atoms with E-state index in [1.807, 2.05) is 72.8 Å². The van der Waals surface area contributed by atoms with Crippen LogP contribution in [0, 0.1) is 0 Å². The summed E-state index contributed by atoms with van der Waals surface area (Å²) < 4.78 is 61.8. The summed E-state index contributed by atoms with van der Waals surface area (Å²) in [5.41, 5.74) is 11.9. The summed E-state index contributed by atoms with van der Waals surface area (Å²) in [6.45, 7) is 10.3. The number of piperazine rings is 2. The summed E-state index contributed by atoms with van der Waals surface area (Å²) in [5.74, 6) is -0.471. The first kappa shape index (κ1) is 53.6. The first-order chi connectivity index (χ1) is 34.9. The molecule has 2 N–H and O–H groups in total. The lowest BCUT2D eigenvalue weighted by Gasteiger charge is -2.35. The van der Waals surface area contributed by atoms with E-state index in [0.717, 1.165) is 76.6 Å². The van der Waals surface area contributed by atoms with Crippen molar-refractivity contribution >= 4 is 43.2 Å². The van der Waals surface area contributed by atoms with Gasteiger partial charge in [-0.3, -0.25) is 33.0 Å². The standard InChI is InChI=1S/C28H34N4O3S.C28H33N3O4S/c29-21-28(33)26-13-11-25(12-14-26)23-32(27-9-5-2-6-10-27)36(34,35)20-19-30-15-17-31(18-16-30)22-24-7-3-1-4-8-24;1-35-28(32)26-14-12-25(13-15-26)23-31(27-10-6-3-7-11-27)36(33,34)21-20-29-16-18-30(19-17-29)22-24-8-4-2-5-9-24/h1-14H,15-23,29H2;2-15H,16-23H2,1H3. The van der Waals surface area contributed by atoms with Gasteiger partial charge < -0.3 is 10.5 Å². The number of ketones is 1. The fraction of sp³-hybridized carbons (Fsp3) is 0.321. The number of nitrogens with zero attached hydrogens (tertiary/aromatic N) is 6. The molecular formula is C56H67N7O7S2. The zero-order valence-corrected chi connectivity index (χ0v) is 42.8. The molecule has 0 saturated carbocycles. The number of carbonyl (C=O) groups is 2. The van der Waals surface area contributed by atoms with Crippen LogP contribution < -0.4 is 14.3 Å². The molecule has 2 saturated heterocycles. The molecular weight excluding hydrogens is 947 g/mol. The number of hydrogen-bond acceptors (Lipinski definition) is 12. The van der Waals surface area contributed by atoms with Crippen LogP contribution in [0.4, 0.5) is 11.4 Å². The van der Waals surface area contributed by atoms with Crippen molar-refractivity contribution in [1.82, 2.24) is 19.6 Å². The predicted octanol–water partition coefficient (Wildman–Crippen LogP) is 6.61. The van der Waals surface area contributed by atoms with Gasteiger partial charge in [0.2, 0.25) is 20.0 Å². The van der Waals surface area contributed by atoms with E-state index in [1.54, 1.807) is 48.5 Å². The SMILES string of the molecule is COC(=O)c1ccc(CN(c2ccccc2)S(=O)(=O)CCN2CCN(Cc3ccccc3)CC2)cc1.NCC(=O)c1ccc(CN(c2ccccc2)S(=O)(=O)CCN2CCN(Cc3ccccc3)CC2)cc1. The van der Waals surface area contributed by atoms with Gasteiger partial charge in [-0.25, -0.2) is 21.6 Å². The van der Waals surface area contributed by atoms with Crippen LogP contribution in [0.1, 0.15) is 43.0 Å². The maximum absolute atomic E-state index is 13.5. The summed E-state index contributed by atoms with van der Waals surface area (Å²) in [7, 11) is -5.82. The minimum absolute atomic E-state index is 0.0425. The first-order valence-corrected chi connectivity index (χ1v) is 27.7. The molecule has 0 atom stereocenters. The maximum atomic E-state index is 13.5. The molecule has 8 rings (SSSR count). The van der Waals surface area contributed by atoms with Gasteiger partial charge >= 0.3 is 5.97 Å². The van der Waals surface area contributed by atoms with E-state index >= 15 is 0 Å². The quantitative estimate of drug-likeness (QED) is 0.0609. The number of para-hydroxylation sites is 2. The van der Waals surface area contributed by atoms with E-state index in [-0.39, 0.29) is 36.9 Å². The van der Waals surface area contributed by atoms with Crippen LogP contribution in [0.2, 0.25) is 0 Å². The van der Waals surface area contributed by atoms with Crippen LogP contribution in [0.25, 0.3) is 0 Å². The third-order valence-electron chi connectivity index (χ3n) is 13.0. The second kappa shape index (κ2) is 26.5. The number of methoxy groups -OCH3 is 1. The number of nitrogens with two attached hydrogens (primary N) is 1. The highest BCUT2D eigenvalue weighted by molar-refractivity contribution is 7.93. The monoisotopic (exact) mass is 1010 g/mol. The molecule has 0 amide bonds. The second-order valence-corrected chi connectivity index (χ2v) is 22.1. The summed E-state index contributed by atoms with van der Waals surface area (Å²) in [4.78, 5) is 32.9. The van der Waals surface area contributed by atoms with Crippen molar-refractivity contribution in [3.8, 4) is 0 Å². The Morgan fingerprint density at radius 3 is 1.14 bits per heavy atom. The summed E-state index contributed by atoms with van der Waals surface area (Å²) >= 11 is 0. The minimum Gasteiger partial charge on any atom is -0.465 e. The van der Waals surface area contributed by atoms with Crippen molar-refractivity contribution < 1.29 is 31.2 Å². The Balaban J connectivity index is 0.000000211. The number of sulfonamides is 2. The largest absolute Gasteiger partial charge is 0.465 e. The zero-order valence-electron chi connectivity index (χ0n) is 41.1. The smallest absolute Gasteiger partial charge is 0.337 e. The summed E-state index contributed by atoms with van der Waals surface area (Å²) in [5, 5.41) is 0. The highest BCUT2D eigenvalue weighted by Gasteiger charge is 2.27. The summed E-state index contributed by atoms with van der Waals surface area (Å²) in [6.07, 6.45) is 0. The van der Waals surface area contributed by atoms with Crippen LogP contribution in [-0.2, 0) is 51.0 Å². The fourth-order valence-electron chi connectivity index (χ4n) is 8.73. The molecule has 0 unspecified atom stereocenters. The molecule has 2 aliphatic rings.